The van der Waals surface area contributed by atoms with E-state index in [1.807, 2.05) is 25.1 Å². The molecule has 1 saturated carbocycles. The Morgan fingerprint density at radius 3 is 2.70 bits per heavy atom. The molecule has 2 N–H and O–H groups in total. The van der Waals surface area contributed by atoms with Gasteiger partial charge in [-0.05, 0) is 51.1 Å². The van der Waals surface area contributed by atoms with Gasteiger partial charge < -0.3 is 20.4 Å². The van der Waals surface area contributed by atoms with Crippen molar-refractivity contribution in [3.05, 3.63) is 35.6 Å². The highest BCUT2D eigenvalue weighted by Gasteiger charge is 2.31. The van der Waals surface area contributed by atoms with Crippen LogP contribution in [-0.2, 0) is 4.79 Å². The van der Waals surface area contributed by atoms with Crippen molar-refractivity contribution < 1.29 is 9.18 Å². The zero-order valence-corrected chi connectivity index (χ0v) is 18.5. The zero-order chi connectivity index (χ0) is 21.5. The second-order valence-electron chi connectivity index (χ2n) is 8.74. The fourth-order valence-electron chi connectivity index (χ4n) is 4.58. The Kier molecular flexibility index (Phi) is 8.08. The number of guanidine groups is 1. The van der Waals surface area contributed by atoms with E-state index in [9.17, 15) is 9.18 Å². The number of amides is 1. The average molecular weight is 418 g/mol. The molecule has 1 heterocycles. The number of nitrogens with zero attached hydrogens (tertiary/aromatic N) is 3. The topological polar surface area (TPSA) is 60.0 Å². The molecule has 0 aromatic heterocycles. The minimum Gasteiger partial charge on any atom is -0.354 e. The maximum Gasteiger partial charge on any atom is 0.225 e. The van der Waals surface area contributed by atoms with Gasteiger partial charge in [0.1, 0.15) is 5.82 Å². The van der Waals surface area contributed by atoms with Crippen LogP contribution in [0.2, 0.25) is 0 Å². The van der Waals surface area contributed by atoms with E-state index in [1.54, 1.807) is 19.2 Å². The number of nitrogens with one attached hydrogen (secondary N) is 2. The fourth-order valence-corrected chi connectivity index (χ4v) is 4.58. The maximum atomic E-state index is 13.7. The number of carbonyl (C=O) groups excluding carboxylic acids is 1. The molecule has 1 aliphatic heterocycles. The minimum absolute atomic E-state index is 0.0206. The Morgan fingerprint density at radius 2 is 2.03 bits per heavy atom. The third kappa shape index (κ3) is 5.94. The average Bonchev–Trinajstić information content (AvgIpc) is 3.21. The molecular weight excluding hydrogens is 381 g/mol. The van der Waals surface area contributed by atoms with E-state index in [4.69, 9.17) is 0 Å². The molecule has 1 aromatic rings. The van der Waals surface area contributed by atoms with Crippen LogP contribution in [0.25, 0.3) is 0 Å². The fraction of sp³-hybridized carbons (Fsp3) is 0.652. The molecule has 7 heteroatoms. The molecule has 3 rings (SSSR count). The first-order chi connectivity index (χ1) is 14.5. The number of likely N-dealkylation sites (N-methyl/N-ethyl adjacent to an activating group) is 1. The highest BCUT2D eigenvalue weighted by Crippen LogP contribution is 2.26. The third-order valence-electron chi connectivity index (χ3n) is 6.34. The molecule has 1 saturated heterocycles. The lowest BCUT2D eigenvalue weighted by Crippen LogP contribution is -2.47. The number of aliphatic imine (C=N–C) groups is 1. The van der Waals surface area contributed by atoms with Crippen molar-refractivity contribution in [3.63, 3.8) is 0 Å². The maximum absolute atomic E-state index is 13.7. The summed E-state index contributed by atoms with van der Waals surface area (Å²) in [6, 6.07) is 6.95. The molecule has 1 aliphatic carbocycles. The first-order valence-corrected chi connectivity index (χ1v) is 11.2. The van der Waals surface area contributed by atoms with Crippen molar-refractivity contribution in [2.24, 2.45) is 10.9 Å². The third-order valence-corrected chi connectivity index (χ3v) is 6.34. The Hall–Kier alpha value is -2.15. The normalized spacial score (nSPS) is 21.7. The van der Waals surface area contributed by atoms with Gasteiger partial charge in [0.05, 0.1) is 6.04 Å². The predicted octanol–water partition coefficient (Wildman–Crippen LogP) is 2.77. The number of hydrogen-bond acceptors (Lipinski definition) is 3. The molecule has 166 valence electrons. The van der Waals surface area contributed by atoms with E-state index in [0.29, 0.717) is 12.5 Å². The minimum atomic E-state index is -0.226. The second-order valence-corrected chi connectivity index (χ2v) is 8.74. The van der Waals surface area contributed by atoms with E-state index < -0.39 is 0 Å². The number of hydrogen-bond donors (Lipinski definition) is 2. The van der Waals surface area contributed by atoms with Gasteiger partial charge >= 0.3 is 0 Å². The Labute approximate surface area is 179 Å². The van der Waals surface area contributed by atoms with Crippen LogP contribution in [0.3, 0.4) is 0 Å². The van der Waals surface area contributed by atoms with Gasteiger partial charge in [-0.15, -0.1) is 0 Å². The zero-order valence-electron chi connectivity index (χ0n) is 18.5. The van der Waals surface area contributed by atoms with Crippen LogP contribution in [0.5, 0.6) is 0 Å². The molecule has 0 radical (unpaired) electrons. The largest absolute Gasteiger partial charge is 0.354 e. The summed E-state index contributed by atoms with van der Waals surface area (Å²) >= 11 is 0. The van der Waals surface area contributed by atoms with Gasteiger partial charge in [-0.25, -0.2) is 4.39 Å². The molecular formula is C23H36FN5O. The van der Waals surface area contributed by atoms with Crippen LogP contribution >= 0.6 is 0 Å². The lowest BCUT2D eigenvalue weighted by molar-refractivity contribution is -0.135. The van der Waals surface area contributed by atoms with Crippen molar-refractivity contribution in [1.29, 1.82) is 0 Å². The van der Waals surface area contributed by atoms with Crippen LogP contribution < -0.4 is 10.6 Å². The van der Waals surface area contributed by atoms with Crippen molar-refractivity contribution in [2.75, 3.05) is 40.8 Å². The molecule has 2 aliphatic rings. The number of benzene rings is 1. The van der Waals surface area contributed by atoms with Gasteiger partial charge in [0.25, 0.3) is 0 Å². The monoisotopic (exact) mass is 417 g/mol. The van der Waals surface area contributed by atoms with Crippen LogP contribution in [0.1, 0.15) is 50.1 Å². The van der Waals surface area contributed by atoms with Crippen LogP contribution in [0, 0.1) is 11.7 Å². The van der Waals surface area contributed by atoms with Gasteiger partial charge in [-0.1, -0.05) is 31.4 Å². The Bertz CT molecular complexity index is 732. The first-order valence-electron chi connectivity index (χ1n) is 11.2. The SMILES string of the molecule is CN=C(NCC(c1cccc(F)c1)N(C)C)NC1CCN(C(=O)C2CCCCC2)C1. The van der Waals surface area contributed by atoms with Crippen molar-refractivity contribution in [1.82, 2.24) is 20.4 Å². The smallest absolute Gasteiger partial charge is 0.225 e. The lowest BCUT2D eigenvalue weighted by atomic mass is 9.88. The summed E-state index contributed by atoms with van der Waals surface area (Å²) in [5.74, 6) is 1.05. The van der Waals surface area contributed by atoms with E-state index >= 15 is 0 Å². The number of rotatable bonds is 6. The first kappa shape index (κ1) is 22.5. The molecule has 0 bridgehead atoms. The molecule has 2 unspecified atom stereocenters. The van der Waals surface area contributed by atoms with Crippen molar-refractivity contribution >= 4 is 11.9 Å². The quantitative estimate of drug-likeness (QED) is 0.552. The highest BCUT2D eigenvalue weighted by molar-refractivity contribution is 5.81. The molecule has 2 atom stereocenters. The van der Waals surface area contributed by atoms with Gasteiger partial charge in [0, 0.05) is 38.6 Å². The van der Waals surface area contributed by atoms with Crippen molar-refractivity contribution in [2.45, 2.75) is 50.6 Å². The number of halogens is 1. The molecule has 6 nitrogen and oxygen atoms in total. The van der Waals surface area contributed by atoms with Gasteiger partial charge in [-0.2, -0.15) is 0 Å². The highest BCUT2D eigenvalue weighted by atomic mass is 19.1. The Morgan fingerprint density at radius 1 is 1.27 bits per heavy atom. The van der Waals surface area contributed by atoms with Crippen LogP contribution in [-0.4, -0.2) is 68.5 Å². The Balaban J connectivity index is 1.51. The van der Waals surface area contributed by atoms with E-state index in [1.165, 1.54) is 25.3 Å². The van der Waals surface area contributed by atoms with Crippen LogP contribution in [0.15, 0.2) is 29.3 Å². The summed E-state index contributed by atoms with van der Waals surface area (Å²) in [7, 11) is 5.72. The van der Waals surface area contributed by atoms with Gasteiger partial charge in [0.2, 0.25) is 5.91 Å². The molecule has 2 fully saturated rings. The van der Waals surface area contributed by atoms with E-state index in [2.05, 4.69) is 20.5 Å². The standard InChI is InChI=1S/C23H36FN5O/c1-25-23(26-15-21(28(2)3)18-10-7-11-19(24)14-18)27-20-12-13-29(16-20)22(30)17-8-5-4-6-9-17/h7,10-11,14,17,20-21H,4-6,8-9,12-13,15-16H2,1-3H3,(H2,25,26,27). The molecule has 1 amide bonds. The summed E-state index contributed by atoms with van der Waals surface area (Å²) in [4.78, 5) is 21.2. The molecule has 1 aromatic carbocycles. The molecule has 30 heavy (non-hydrogen) atoms. The lowest BCUT2D eigenvalue weighted by Gasteiger charge is -2.27. The summed E-state index contributed by atoms with van der Waals surface area (Å²) in [6.45, 7) is 2.15. The second kappa shape index (κ2) is 10.8. The van der Waals surface area contributed by atoms with Gasteiger partial charge in [0.15, 0.2) is 5.96 Å². The van der Waals surface area contributed by atoms with E-state index in [0.717, 1.165) is 43.9 Å². The predicted molar refractivity (Wildman–Crippen MR) is 119 cm³/mol. The number of carbonyl (C=O) groups is 1. The summed E-state index contributed by atoms with van der Waals surface area (Å²) < 4.78 is 13.7. The summed E-state index contributed by atoms with van der Waals surface area (Å²) in [5.41, 5.74) is 0.924. The number of likely N-dealkylation sites (tertiary alicyclic amines) is 1. The van der Waals surface area contributed by atoms with Gasteiger partial charge in [-0.3, -0.25) is 9.79 Å². The van der Waals surface area contributed by atoms with Crippen molar-refractivity contribution in [3.8, 4) is 0 Å². The van der Waals surface area contributed by atoms with Crippen LogP contribution in [0.4, 0.5) is 4.39 Å². The summed E-state index contributed by atoms with van der Waals surface area (Å²) in [5, 5.41) is 6.84. The molecule has 0 spiro atoms. The summed E-state index contributed by atoms with van der Waals surface area (Å²) in [6.07, 6.45) is 6.65. The van der Waals surface area contributed by atoms with E-state index in [-0.39, 0.29) is 23.8 Å².